The number of hydrogen-bond acceptors (Lipinski definition) is 4. The van der Waals surface area contributed by atoms with Gasteiger partial charge in [0, 0.05) is 18.7 Å². The van der Waals surface area contributed by atoms with Gasteiger partial charge in [0.05, 0.1) is 12.8 Å². The third-order valence-corrected chi connectivity index (χ3v) is 2.44. The first-order valence-corrected chi connectivity index (χ1v) is 5.49. The molecule has 1 aromatic heterocycles. The Morgan fingerprint density at radius 2 is 2.17 bits per heavy atom. The Balaban J connectivity index is 2.18. The topological polar surface area (TPSA) is 64.4 Å². The first-order valence-electron chi connectivity index (χ1n) is 5.49. The summed E-state index contributed by atoms with van der Waals surface area (Å²) in [6, 6.07) is 7.11. The Labute approximate surface area is 105 Å². The third-order valence-electron chi connectivity index (χ3n) is 2.44. The maximum absolute atomic E-state index is 12.0. The second-order valence-corrected chi connectivity index (χ2v) is 3.83. The molecule has 5 heteroatoms. The lowest BCUT2D eigenvalue weighted by Crippen LogP contribution is -2.12. The number of methoxy groups -OCH3 is 1. The van der Waals surface area contributed by atoms with Crippen molar-refractivity contribution < 1.29 is 13.9 Å². The number of aromatic nitrogens is 1. The molecule has 0 aliphatic rings. The molecule has 1 heterocycles. The van der Waals surface area contributed by atoms with Crippen molar-refractivity contribution in [1.82, 2.24) is 4.98 Å². The van der Waals surface area contributed by atoms with Gasteiger partial charge < -0.3 is 14.5 Å². The molecule has 2 aromatic rings. The summed E-state index contributed by atoms with van der Waals surface area (Å²) < 4.78 is 10.3. The molecular formula is C13H14N2O3. The number of rotatable bonds is 3. The molecule has 0 saturated carbocycles. The Morgan fingerprint density at radius 3 is 2.78 bits per heavy atom. The van der Waals surface area contributed by atoms with E-state index in [9.17, 15) is 4.79 Å². The SMILES string of the molecule is COc1cccc(NC(=O)c2oc(C)nc2C)c1. The lowest BCUT2D eigenvalue weighted by Gasteiger charge is -2.05. The Hall–Kier alpha value is -2.30. The van der Waals surface area contributed by atoms with Gasteiger partial charge in [-0.2, -0.15) is 0 Å². The summed E-state index contributed by atoms with van der Waals surface area (Å²) in [6.45, 7) is 3.44. The van der Waals surface area contributed by atoms with Gasteiger partial charge in [0.15, 0.2) is 5.89 Å². The molecule has 0 bridgehead atoms. The number of nitrogens with one attached hydrogen (secondary N) is 1. The zero-order valence-electron chi connectivity index (χ0n) is 10.5. The molecule has 1 amide bonds. The van der Waals surface area contributed by atoms with E-state index in [0.29, 0.717) is 23.0 Å². The zero-order valence-corrected chi connectivity index (χ0v) is 10.5. The number of amides is 1. The van der Waals surface area contributed by atoms with Crippen LogP contribution in [0.15, 0.2) is 28.7 Å². The Kier molecular flexibility index (Phi) is 3.32. The van der Waals surface area contributed by atoms with Gasteiger partial charge in [-0.25, -0.2) is 4.98 Å². The fourth-order valence-electron chi connectivity index (χ4n) is 1.63. The van der Waals surface area contributed by atoms with Crippen LogP contribution < -0.4 is 10.1 Å². The number of anilines is 1. The minimum Gasteiger partial charge on any atom is -0.497 e. The van der Waals surface area contributed by atoms with Crippen molar-refractivity contribution in [2.24, 2.45) is 0 Å². The lowest BCUT2D eigenvalue weighted by atomic mass is 10.3. The highest BCUT2D eigenvalue weighted by Crippen LogP contribution is 2.18. The maximum Gasteiger partial charge on any atom is 0.293 e. The van der Waals surface area contributed by atoms with Gasteiger partial charge in [-0.15, -0.1) is 0 Å². The lowest BCUT2D eigenvalue weighted by molar-refractivity contribution is 0.0994. The number of ether oxygens (including phenoxy) is 1. The van der Waals surface area contributed by atoms with E-state index in [0.717, 1.165) is 0 Å². The highest BCUT2D eigenvalue weighted by atomic mass is 16.5. The van der Waals surface area contributed by atoms with Crippen molar-refractivity contribution in [1.29, 1.82) is 0 Å². The molecule has 0 spiro atoms. The largest absolute Gasteiger partial charge is 0.497 e. The Morgan fingerprint density at radius 1 is 1.39 bits per heavy atom. The fraction of sp³-hybridized carbons (Fsp3) is 0.231. The van der Waals surface area contributed by atoms with Crippen LogP contribution in [0.1, 0.15) is 22.1 Å². The number of benzene rings is 1. The first-order chi connectivity index (χ1) is 8.60. The standard InChI is InChI=1S/C13H14N2O3/c1-8-12(18-9(2)14-8)13(16)15-10-5-4-6-11(7-10)17-3/h4-7H,1-3H3,(H,15,16). The minimum atomic E-state index is -0.318. The highest BCUT2D eigenvalue weighted by molar-refractivity contribution is 6.03. The van der Waals surface area contributed by atoms with Crippen molar-refractivity contribution >= 4 is 11.6 Å². The van der Waals surface area contributed by atoms with Crippen LogP contribution in [0.2, 0.25) is 0 Å². The van der Waals surface area contributed by atoms with Crippen molar-refractivity contribution in [3.63, 3.8) is 0 Å². The molecule has 94 valence electrons. The zero-order chi connectivity index (χ0) is 13.1. The van der Waals surface area contributed by atoms with Crippen LogP contribution in [0.25, 0.3) is 0 Å². The number of oxazole rings is 1. The van der Waals surface area contributed by atoms with Crippen molar-refractivity contribution in [2.45, 2.75) is 13.8 Å². The number of aryl methyl sites for hydroxylation is 2. The van der Waals surface area contributed by atoms with Crippen LogP contribution in [-0.2, 0) is 0 Å². The molecule has 0 radical (unpaired) electrons. The predicted molar refractivity (Wildman–Crippen MR) is 66.9 cm³/mol. The maximum atomic E-state index is 12.0. The molecular weight excluding hydrogens is 232 g/mol. The number of hydrogen-bond donors (Lipinski definition) is 1. The summed E-state index contributed by atoms with van der Waals surface area (Å²) in [7, 11) is 1.57. The van der Waals surface area contributed by atoms with Crippen LogP contribution in [0.5, 0.6) is 5.75 Å². The van der Waals surface area contributed by atoms with E-state index in [1.807, 2.05) is 0 Å². The van der Waals surface area contributed by atoms with Gasteiger partial charge in [-0.1, -0.05) is 6.07 Å². The quantitative estimate of drug-likeness (QED) is 0.903. The third kappa shape index (κ3) is 2.51. The van der Waals surface area contributed by atoms with Crippen LogP contribution in [0, 0.1) is 13.8 Å². The fourth-order valence-corrected chi connectivity index (χ4v) is 1.63. The molecule has 0 unspecified atom stereocenters. The molecule has 1 N–H and O–H groups in total. The number of carbonyl (C=O) groups excluding carboxylic acids is 1. The molecule has 2 rings (SSSR count). The van der Waals surface area contributed by atoms with Gasteiger partial charge in [-0.05, 0) is 19.1 Å². The monoisotopic (exact) mass is 246 g/mol. The highest BCUT2D eigenvalue weighted by Gasteiger charge is 2.15. The van der Waals surface area contributed by atoms with E-state index in [1.54, 1.807) is 45.2 Å². The molecule has 18 heavy (non-hydrogen) atoms. The van der Waals surface area contributed by atoms with E-state index in [-0.39, 0.29) is 11.7 Å². The van der Waals surface area contributed by atoms with E-state index >= 15 is 0 Å². The van der Waals surface area contributed by atoms with Crippen LogP contribution in [-0.4, -0.2) is 18.0 Å². The summed E-state index contributed by atoms with van der Waals surface area (Å²) in [6.07, 6.45) is 0. The average Bonchev–Trinajstić information content (AvgIpc) is 2.69. The van der Waals surface area contributed by atoms with Crippen molar-refractivity contribution in [3.8, 4) is 5.75 Å². The van der Waals surface area contributed by atoms with Gasteiger partial charge in [0.25, 0.3) is 5.91 Å². The van der Waals surface area contributed by atoms with Gasteiger partial charge in [0.1, 0.15) is 5.75 Å². The summed E-state index contributed by atoms with van der Waals surface area (Å²) in [5.41, 5.74) is 1.22. The smallest absolute Gasteiger partial charge is 0.293 e. The average molecular weight is 246 g/mol. The molecule has 0 aliphatic carbocycles. The summed E-state index contributed by atoms with van der Waals surface area (Å²) in [5, 5.41) is 2.73. The summed E-state index contributed by atoms with van der Waals surface area (Å²) in [5.74, 6) is 1.07. The second-order valence-electron chi connectivity index (χ2n) is 3.83. The summed E-state index contributed by atoms with van der Waals surface area (Å²) >= 11 is 0. The molecule has 5 nitrogen and oxygen atoms in total. The van der Waals surface area contributed by atoms with E-state index < -0.39 is 0 Å². The van der Waals surface area contributed by atoms with Crippen LogP contribution in [0.4, 0.5) is 5.69 Å². The molecule has 0 atom stereocenters. The molecule has 0 fully saturated rings. The normalized spacial score (nSPS) is 10.2. The number of carbonyl (C=O) groups is 1. The van der Waals surface area contributed by atoms with Crippen LogP contribution in [0.3, 0.4) is 0 Å². The van der Waals surface area contributed by atoms with Crippen LogP contribution >= 0.6 is 0 Å². The molecule has 0 saturated heterocycles. The second kappa shape index (κ2) is 4.91. The van der Waals surface area contributed by atoms with Gasteiger partial charge >= 0.3 is 0 Å². The molecule has 1 aromatic carbocycles. The minimum absolute atomic E-state index is 0.232. The summed E-state index contributed by atoms with van der Waals surface area (Å²) in [4.78, 5) is 16.0. The van der Waals surface area contributed by atoms with E-state index in [4.69, 9.17) is 9.15 Å². The van der Waals surface area contributed by atoms with E-state index in [2.05, 4.69) is 10.3 Å². The molecule has 0 aliphatic heterocycles. The van der Waals surface area contributed by atoms with Gasteiger partial charge in [-0.3, -0.25) is 4.79 Å². The van der Waals surface area contributed by atoms with Crippen molar-refractivity contribution in [3.05, 3.63) is 41.6 Å². The van der Waals surface area contributed by atoms with Crippen molar-refractivity contribution in [2.75, 3.05) is 12.4 Å². The van der Waals surface area contributed by atoms with Gasteiger partial charge in [0.2, 0.25) is 5.76 Å². The number of nitrogens with zero attached hydrogens (tertiary/aromatic N) is 1. The first kappa shape index (κ1) is 12.2. The Bertz CT molecular complexity index is 575. The van der Waals surface area contributed by atoms with E-state index in [1.165, 1.54) is 0 Å². The predicted octanol–water partition coefficient (Wildman–Crippen LogP) is 2.55.